The first-order valence-electron chi connectivity index (χ1n) is 15.0. The molecule has 0 saturated carbocycles. The van der Waals surface area contributed by atoms with Crippen molar-refractivity contribution in [3.63, 3.8) is 0 Å². The van der Waals surface area contributed by atoms with Crippen LogP contribution in [0.25, 0.3) is 0 Å². The lowest BCUT2D eigenvalue weighted by Gasteiger charge is -2.56. The SMILES string of the molecule is Cc1cc(C(=O)N2CC3(C)CN(C(=O)c4cc(C)c5c(c4)OC(N(C)C)CO5)CC(C)(C2)C3)cc2c1OCC(N(C)C)O2. The molecular weight excluding hydrogens is 548 g/mol. The van der Waals surface area contributed by atoms with E-state index in [1.807, 2.05) is 85.9 Å². The number of rotatable bonds is 4. The number of likely N-dealkylation sites (tertiary alicyclic amines) is 2. The summed E-state index contributed by atoms with van der Waals surface area (Å²) >= 11 is 0. The van der Waals surface area contributed by atoms with E-state index >= 15 is 0 Å². The highest BCUT2D eigenvalue weighted by Gasteiger charge is 2.51. The van der Waals surface area contributed by atoms with Gasteiger partial charge in [0, 0.05) is 48.1 Å². The third-order valence-corrected chi connectivity index (χ3v) is 9.11. The molecular formula is C33H44N4O6. The van der Waals surface area contributed by atoms with Gasteiger partial charge in [0.05, 0.1) is 0 Å². The van der Waals surface area contributed by atoms with Crippen molar-refractivity contribution in [2.24, 2.45) is 10.8 Å². The molecule has 10 heteroatoms. The van der Waals surface area contributed by atoms with Crippen LogP contribution in [0.3, 0.4) is 0 Å². The summed E-state index contributed by atoms with van der Waals surface area (Å²) in [5.41, 5.74) is 2.49. The van der Waals surface area contributed by atoms with Crippen LogP contribution in [-0.4, -0.2) is 111 Å². The fourth-order valence-electron chi connectivity index (χ4n) is 7.42. The van der Waals surface area contributed by atoms with E-state index in [0.29, 0.717) is 73.5 Å². The van der Waals surface area contributed by atoms with Gasteiger partial charge in [0.25, 0.3) is 11.8 Å². The molecule has 232 valence electrons. The number of likely N-dealkylation sites (N-methyl/N-ethyl adjacent to an activating group) is 2. The number of nitrogens with zero attached hydrogens (tertiary/aromatic N) is 4. The lowest BCUT2D eigenvalue weighted by Crippen LogP contribution is -2.64. The molecule has 0 aliphatic carbocycles. The topological polar surface area (TPSA) is 84.0 Å². The van der Waals surface area contributed by atoms with Crippen molar-refractivity contribution in [3.8, 4) is 23.0 Å². The summed E-state index contributed by atoms with van der Waals surface area (Å²) in [5.74, 6) is 2.57. The van der Waals surface area contributed by atoms with Crippen molar-refractivity contribution in [1.82, 2.24) is 19.6 Å². The zero-order valence-corrected chi connectivity index (χ0v) is 26.7. The molecule has 2 fully saturated rings. The fourth-order valence-corrected chi connectivity index (χ4v) is 7.42. The minimum absolute atomic E-state index is 0.0173. The second-order valence-electron chi connectivity index (χ2n) is 14.1. The summed E-state index contributed by atoms with van der Waals surface area (Å²) < 4.78 is 24.3. The Morgan fingerprint density at radius 2 is 1.07 bits per heavy atom. The van der Waals surface area contributed by atoms with Gasteiger partial charge in [-0.25, -0.2) is 0 Å². The molecule has 0 radical (unpaired) electrons. The van der Waals surface area contributed by atoms with Crippen molar-refractivity contribution in [1.29, 1.82) is 0 Å². The molecule has 2 aromatic rings. The standard InChI is InChI=1S/C33H44N4O6/c1-20-9-22(11-24-28(20)40-13-26(42-24)34(5)6)30(38)36-16-32(3)15-33(4,17-36)19-37(18-32)31(39)23-10-21(2)29-25(12-23)43-27(14-41-29)35(7)8/h9-12,26-27H,13-19H2,1-8H3. The molecule has 6 rings (SSSR count). The Morgan fingerprint density at radius 1 is 0.698 bits per heavy atom. The summed E-state index contributed by atoms with van der Waals surface area (Å²) in [4.78, 5) is 35.8. The predicted octanol–water partition coefficient (Wildman–Crippen LogP) is 3.64. The normalized spacial score (nSPS) is 27.9. The second-order valence-corrected chi connectivity index (χ2v) is 14.1. The molecule has 10 nitrogen and oxygen atoms in total. The van der Waals surface area contributed by atoms with Crippen LogP contribution in [0.15, 0.2) is 24.3 Å². The lowest BCUT2D eigenvalue weighted by atomic mass is 9.65. The Morgan fingerprint density at radius 3 is 1.42 bits per heavy atom. The van der Waals surface area contributed by atoms with Crippen LogP contribution in [0.4, 0.5) is 0 Å². The summed E-state index contributed by atoms with van der Waals surface area (Å²) in [6.45, 7) is 11.5. The number of hydrogen-bond acceptors (Lipinski definition) is 8. The van der Waals surface area contributed by atoms with E-state index in [9.17, 15) is 9.59 Å². The molecule has 2 aromatic carbocycles. The van der Waals surface area contributed by atoms with Gasteiger partial charge in [-0.1, -0.05) is 13.8 Å². The van der Waals surface area contributed by atoms with E-state index in [1.165, 1.54) is 0 Å². The molecule has 2 amide bonds. The number of amides is 2. The molecule has 0 spiro atoms. The molecule has 2 atom stereocenters. The van der Waals surface area contributed by atoms with E-state index < -0.39 is 0 Å². The van der Waals surface area contributed by atoms with Crippen molar-refractivity contribution in [2.75, 3.05) is 67.6 Å². The van der Waals surface area contributed by atoms with Gasteiger partial charge in [-0.3, -0.25) is 19.4 Å². The first kappa shape index (κ1) is 29.6. The lowest BCUT2D eigenvalue weighted by molar-refractivity contribution is -0.0539. The Labute approximate surface area is 254 Å². The second kappa shape index (κ2) is 10.6. The van der Waals surface area contributed by atoms with Gasteiger partial charge < -0.3 is 28.7 Å². The number of benzene rings is 2. The molecule has 2 unspecified atom stereocenters. The van der Waals surface area contributed by atoms with Gasteiger partial charge in [0.2, 0.25) is 0 Å². The van der Waals surface area contributed by atoms with Crippen molar-refractivity contribution in [3.05, 3.63) is 46.5 Å². The number of carbonyl (C=O) groups excluding carboxylic acids is 2. The molecule has 0 N–H and O–H groups in total. The first-order valence-corrected chi connectivity index (χ1v) is 15.0. The molecule has 43 heavy (non-hydrogen) atoms. The Hall–Kier alpha value is -3.50. The van der Waals surface area contributed by atoms with Crippen LogP contribution in [0.2, 0.25) is 0 Å². The highest BCUT2D eigenvalue weighted by atomic mass is 16.6. The predicted molar refractivity (Wildman–Crippen MR) is 162 cm³/mol. The number of hydrogen-bond donors (Lipinski definition) is 0. The maximum absolute atomic E-state index is 14.0. The highest BCUT2D eigenvalue weighted by Crippen LogP contribution is 2.47. The van der Waals surface area contributed by atoms with Gasteiger partial charge in [0.15, 0.2) is 35.5 Å². The van der Waals surface area contributed by atoms with Crippen LogP contribution in [0, 0.1) is 24.7 Å². The molecule has 0 aromatic heterocycles. The smallest absolute Gasteiger partial charge is 0.254 e. The maximum Gasteiger partial charge on any atom is 0.254 e. The number of ether oxygens (including phenoxy) is 4. The van der Waals surface area contributed by atoms with E-state index in [1.54, 1.807) is 0 Å². The van der Waals surface area contributed by atoms with E-state index in [-0.39, 0.29) is 35.1 Å². The maximum atomic E-state index is 14.0. The Bertz CT molecular complexity index is 1340. The Balaban J connectivity index is 1.21. The summed E-state index contributed by atoms with van der Waals surface area (Å²) in [6, 6.07) is 7.43. The monoisotopic (exact) mass is 592 g/mol. The van der Waals surface area contributed by atoms with Crippen LogP contribution >= 0.6 is 0 Å². The Kier molecular flexibility index (Phi) is 7.28. The fraction of sp³-hybridized carbons (Fsp3) is 0.576. The average molecular weight is 593 g/mol. The number of fused-ring (bicyclic) bond motifs is 4. The van der Waals surface area contributed by atoms with Gasteiger partial charge in [-0.05, 0) is 83.9 Å². The van der Waals surface area contributed by atoms with Crippen LogP contribution in [0.1, 0.15) is 52.1 Å². The van der Waals surface area contributed by atoms with E-state index in [4.69, 9.17) is 18.9 Å². The van der Waals surface area contributed by atoms with E-state index in [2.05, 4.69) is 13.8 Å². The first-order chi connectivity index (χ1) is 20.2. The summed E-state index contributed by atoms with van der Waals surface area (Å²) in [6.07, 6.45) is 0.531. The highest BCUT2D eigenvalue weighted by molar-refractivity contribution is 5.96. The third-order valence-electron chi connectivity index (χ3n) is 9.11. The minimum atomic E-state index is -0.242. The zero-order valence-electron chi connectivity index (χ0n) is 26.7. The number of piperidine rings is 2. The average Bonchev–Trinajstić information content (AvgIpc) is 2.94. The molecule has 2 saturated heterocycles. The van der Waals surface area contributed by atoms with Gasteiger partial charge >= 0.3 is 0 Å². The summed E-state index contributed by atoms with van der Waals surface area (Å²) in [5, 5.41) is 0. The number of aryl methyl sites for hydroxylation is 2. The van der Waals surface area contributed by atoms with E-state index in [0.717, 1.165) is 17.5 Å². The van der Waals surface area contributed by atoms with Crippen LogP contribution in [-0.2, 0) is 0 Å². The quantitative estimate of drug-likeness (QED) is 0.533. The van der Waals surface area contributed by atoms with Crippen LogP contribution in [0.5, 0.6) is 23.0 Å². The van der Waals surface area contributed by atoms with Gasteiger partial charge in [-0.15, -0.1) is 0 Å². The zero-order chi connectivity index (χ0) is 30.8. The van der Waals surface area contributed by atoms with Crippen LogP contribution < -0.4 is 18.9 Å². The molecule has 4 aliphatic rings. The van der Waals surface area contributed by atoms with Gasteiger partial charge in [-0.2, -0.15) is 0 Å². The molecule has 2 bridgehead atoms. The molecule has 4 aliphatic heterocycles. The largest absolute Gasteiger partial charge is 0.484 e. The number of carbonyl (C=O) groups is 2. The molecule has 4 heterocycles. The van der Waals surface area contributed by atoms with Gasteiger partial charge in [0.1, 0.15) is 13.2 Å². The van der Waals surface area contributed by atoms with Crippen molar-refractivity contribution >= 4 is 11.8 Å². The van der Waals surface area contributed by atoms with Crippen molar-refractivity contribution < 1.29 is 28.5 Å². The third kappa shape index (κ3) is 5.51. The minimum Gasteiger partial charge on any atom is -0.484 e. The van der Waals surface area contributed by atoms with Crippen molar-refractivity contribution in [2.45, 2.75) is 46.6 Å². The summed E-state index contributed by atoms with van der Waals surface area (Å²) in [7, 11) is 7.77.